The topological polar surface area (TPSA) is 104 Å². The average molecular weight is 638 g/mol. The van der Waals surface area contributed by atoms with Crippen LogP contribution in [0.5, 0.6) is 0 Å². The van der Waals surface area contributed by atoms with E-state index in [1.165, 1.54) is 17.4 Å². The molecular formula is C31H42F3N5O4S. The number of nitrogens with one attached hydrogen (secondary N) is 2. The molecule has 0 spiro atoms. The van der Waals surface area contributed by atoms with Gasteiger partial charge in [-0.25, -0.2) is 14.6 Å². The molecule has 4 atom stereocenters. The van der Waals surface area contributed by atoms with Crippen molar-refractivity contribution in [1.82, 2.24) is 25.4 Å². The maximum atomic E-state index is 14.2. The van der Waals surface area contributed by atoms with E-state index in [0.29, 0.717) is 29.2 Å². The number of ether oxygens (including phenoxy) is 1. The van der Waals surface area contributed by atoms with Crippen LogP contribution in [0.1, 0.15) is 79.0 Å². The standard InChI is InChI=1S/C31H42F3N5O4S/c1-17(2)35-27(41)39-15-20(21-16-44-25(36-21)18-10-9-11-19(14-18)31(32,33)34)23-22(39)12-13-38(23)26(40)24(29(3,4)5)37-28(42)43-30(6,7)8/h9-11,14,16-17,20,22-24H,12-13,15H2,1-8H3,(H,35,41)(H,37,42). The van der Waals surface area contributed by atoms with Crippen molar-refractivity contribution in [1.29, 1.82) is 0 Å². The monoisotopic (exact) mass is 637 g/mol. The smallest absolute Gasteiger partial charge is 0.416 e. The Bertz CT molecular complexity index is 1380. The van der Waals surface area contributed by atoms with Crippen LogP contribution in [0.4, 0.5) is 22.8 Å². The normalized spacial score (nSPS) is 21.3. The molecule has 0 bridgehead atoms. The molecule has 2 fully saturated rings. The van der Waals surface area contributed by atoms with Crippen LogP contribution in [0.15, 0.2) is 29.6 Å². The van der Waals surface area contributed by atoms with Crippen LogP contribution in [0, 0.1) is 5.41 Å². The van der Waals surface area contributed by atoms with Crippen LogP contribution >= 0.6 is 11.3 Å². The van der Waals surface area contributed by atoms with E-state index >= 15 is 0 Å². The Hall–Kier alpha value is -3.35. The van der Waals surface area contributed by atoms with Crippen molar-refractivity contribution in [3.05, 3.63) is 40.9 Å². The number of fused-ring (bicyclic) bond motifs is 1. The summed E-state index contributed by atoms with van der Waals surface area (Å²) >= 11 is 1.22. The number of alkyl carbamates (subject to hydrolysis) is 1. The number of urea groups is 1. The molecule has 2 N–H and O–H groups in total. The highest BCUT2D eigenvalue weighted by Crippen LogP contribution is 2.43. The van der Waals surface area contributed by atoms with Crippen molar-refractivity contribution >= 4 is 29.4 Å². The van der Waals surface area contributed by atoms with Crippen LogP contribution in [-0.4, -0.2) is 75.7 Å². The van der Waals surface area contributed by atoms with Crippen molar-refractivity contribution in [2.24, 2.45) is 5.41 Å². The Balaban J connectivity index is 1.68. The number of benzene rings is 1. The number of alkyl halides is 3. The number of likely N-dealkylation sites (tertiary alicyclic amines) is 2. The van der Waals surface area contributed by atoms with Crippen LogP contribution < -0.4 is 10.6 Å². The van der Waals surface area contributed by atoms with E-state index in [2.05, 4.69) is 10.6 Å². The van der Waals surface area contributed by atoms with Crippen molar-refractivity contribution in [3.8, 4) is 10.6 Å². The molecule has 2 aliphatic heterocycles. The summed E-state index contributed by atoms with van der Waals surface area (Å²) in [4.78, 5) is 48.5. The highest BCUT2D eigenvalue weighted by molar-refractivity contribution is 7.13. The molecule has 0 saturated carbocycles. The summed E-state index contributed by atoms with van der Waals surface area (Å²) in [6.07, 6.45) is -4.65. The number of carbonyl (C=O) groups is 3. The summed E-state index contributed by atoms with van der Waals surface area (Å²) < 4.78 is 45.6. The van der Waals surface area contributed by atoms with E-state index in [-0.39, 0.29) is 36.5 Å². The van der Waals surface area contributed by atoms with Gasteiger partial charge in [0.25, 0.3) is 0 Å². The lowest BCUT2D eigenvalue weighted by Gasteiger charge is -2.37. The van der Waals surface area contributed by atoms with Gasteiger partial charge in [0, 0.05) is 36.0 Å². The minimum absolute atomic E-state index is 0.103. The van der Waals surface area contributed by atoms with Gasteiger partial charge in [-0.2, -0.15) is 13.2 Å². The summed E-state index contributed by atoms with van der Waals surface area (Å²) in [5.41, 5.74) is -1.23. The molecule has 2 aromatic rings. The van der Waals surface area contributed by atoms with Crippen LogP contribution in [0.2, 0.25) is 0 Å². The molecule has 4 unspecified atom stereocenters. The van der Waals surface area contributed by atoms with Gasteiger partial charge in [0.05, 0.1) is 23.3 Å². The van der Waals surface area contributed by atoms with E-state index in [1.54, 1.807) is 42.0 Å². The molecular weight excluding hydrogens is 595 g/mol. The molecule has 2 saturated heterocycles. The molecule has 242 valence electrons. The van der Waals surface area contributed by atoms with Gasteiger partial charge in [0.15, 0.2) is 0 Å². The quantitative estimate of drug-likeness (QED) is 0.403. The molecule has 1 aromatic heterocycles. The van der Waals surface area contributed by atoms with Gasteiger partial charge in [-0.15, -0.1) is 11.3 Å². The van der Waals surface area contributed by atoms with E-state index in [4.69, 9.17) is 9.72 Å². The molecule has 0 radical (unpaired) electrons. The van der Waals surface area contributed by atoms with E-state index in [0.717, 1.165) is 12.1 Å². The minimum Gasteiger partial charge on any atom is -0.444 e. The Kier molecular flexibility index (Phi) is 9.31. The zero-order valence-corrected chi connectivity index (χ0v) is 27.2. The first-order chi connectivity index (χ1) is 20.3. The van der Waals surface area contributed by atoms with Crippen molar-refractivity contribution in [2.45, 2.75) is 104 Å². The first-order valence-corrected chi connectivity index (χ1v) is 15.6. The van der Waals surface area contributed by atoms with Gasteiger partial charge in [0.2, 0.25) is 5.91 Å². The Morgan fingerprint density at radius 2 is 1.73 bits per heavy atom. The number of amides is 4. The summed E-state index contributed by atoms with van der Waals surface area (Å²) in [6.45, 7) is 15.2. The lowest BCUT2D eigenvalue weighted by atomic mass is 9.85. The van der Waals surface area contributed by atoms with Gasteiger partial charge in [-0.05, 0) is 58.6 Å². The molecule has 44 heavy (non-hydrogen) atoms. The Morgan fingerprint density at radius 3 is 2.32 bits per heavy atom. The lowest BCUT2D eigenvalue weighted by molar-refractivity contribution is -0.138. The van der Waals surface area contributed by atoms with Crippen LogP contribution in [0.25, 0.3) is 10.6 Å². The number of nitrogens with zero attached hydrogens (tertiary/aromatic N) is 3. The number of rotatable bonds is 5. The maximum Gasteiger partial charge on any atom is 0.416 e. The predicted molar refractivity (Wildman–Crippen MR) is 162 cm³/mol. The zero-order valence-electron chi connectivity index (χ0n) is 26.4. The largest absolute Gasteiger partial charge is 0.444 e. The molecule has 2 aliphatic rings. The molecule has 13 heteroatoms. The van der Waals surface area contributed by atoms with Gasteiger partial charge >= 0.3 is 18.3 Å². The Morgan fingerprint density at radius 1 is 1.05 bits per heavy atom. The summed E-state index contributed by atoms with van der Waals surface area (Å²) in [7, 11) is 0. The lowest BCUT2D eigenvalue weighted by Crippen LogP contribution is -2.57. The predicted octanol–water partition coefficient (Wildman–Crippen LogP) is 6.26. The number of halogens is 3. The Labute approximate surface area is 260 Å². The third kappa shape index (κ3) is 7.47. The third-order valence-corrected chi connectivity index (χ3v) is 8.60. The second-order valence-corrected chi connectivity index (χ2v) is 14.7. The summed E-state index contributed by atoms with van der Waals surface area (Å²) in [6, 6.07) is 3.02. The molecule has 4 rings (SSSR count). The zero-order chi connectivity index (χ0) is 32.8. The molecule has 9 nitrogen and oxygen atoms in total. The van der Waals surface area contributed by atoms with E-state index in [9.17, 15) is 27.6 Å². The second-order valence-electron chi connectivity index (χ2n) is 13.8. The number of thiazole rings is 1. The SMILES string of the molecule is CC(C)NC(=O)N1CC(c2csc(-c3cccc(C(F)(F)F)c3)n2)C2C1CCN2C(=O)C(NC(=O)OC(C)(C)C)C(C)(C)C. The first kappa shape index (κ1) is 33.5. The van der Waals surface area contributed by atoms with Crippen molar-refractivity contribution in [2.75, 3.05) is 13.1 Å². The molecule has 1 aromatic carbocycles. The molecule has 4 amide bonds. The minimum atomic E-state index is -4.49. The van der Waals surface area contributed by atoms with Gasteiger partial charge in [0.1, 0.15) is 16.7 Å². The first-order valence-electron chi connectivity index (χ1n) is 14.8. The van der Waals surface area contributed by atoms with E-state index in [1.807, 2.05) is 34.6 Å². The van der Waals surface area contributed by atoms with Crippen LogP contribution in [0.3, 0.4) is 0 Å². The van der Waals surface area contributed by atoms with E-state index < -0.39 is 40.9 Å². The van der Waals surface area contributed by atoms with Crippen LogP contribution in [-0.2, 0) is 15.7 Å². The highest BCUT2D eigenvalue weighted by Gasteiger charge is 2.54. The summed E-state index contributed by atoms with van der Waals surface area (Å²) in [5, 5.41) is 7.94. The maximum absolute atomic E-state index is 14.2. The van der Waals surface area contributed by atoms with Gasteiger partial charge < -0.3 is 25.2 Å². The van der Waals surface area contributed by atoms with Crippen molar-refractivity contribution in [3.63, 3.8) is 0 Å². The summed E-state index contributed by atoms with van der Waals surface area (Å²) in [5.74, 6) is -0.678. The fourth-order valence-corrected chi connectivity index (χ4v) is 6.71. The third-order valence-electron chi connectivity index (χ3n) is 7.69. The highest BCUT2D eigenvalue weighted by atomic mass is 32.1. The van der Waals surface area contributed by atoms with Crippen molar-refractivity contribution < 1.29 is 32.3 Å². The molecule has 0 aliphatic carbocycles. The average Bonchev–Trinajstić information content (AvgIpc) is 3.60. The molecule has 3 heterocycles. The van der Waals surface area contributed by atoms with Gasteiger partial charge in [-0.3, -0.25) is 4.79 Å². The second kappa shape index (κ2) is 12.2. The fourth-order valence-electron chi connectivity index (χ4n) is 5.83. The number of aromatic nitrogens is 1. The number of hydrogen-bond donors (Lipinski definition) is 2. The fraction of sp³-hybridized carbons (Fsp3) is 0.613. The number of hydrogen-bond acceptors (Lipinski definition) is 6. The number of carbonyl (C=O) groups excluding carboxylic acids is 3. The van der Waals surface area contributed by atoms with Gasteiger partial charge in [-0.1, -0.05) is 32.9 Å².